The van der Waals surface area contributed by atoms with Gasteiger partial charge in [-0.1, -0.05) is 26.3 Å². The van der Waals surface area contributed by atoms with E-state index in [-0.39, 0.29) is 0 Å². The van der Waals surface area contributed by atoms with Crippen LogP contribution in [0.5, 0.6) is 0 Å². The van der Waals surface area contributed by atoms with Crippen LogP contribution in [0.15, 0.2) is 30.3 Å². The van der Waals surface area contributed by atoms with Crippen LogP contribution in [0.25, 0.3) is 21.7 Å². The number of carbonyl (C=O) groups is 1. The van der Waals surface area contributed by atoms with Crippen molar-refractivity contribution >= 4 is 28.3 Å². The van der Waals surface area contributed by atoms with Crippen molar-refractivity contribution in [2.75, 3.05) is 13.1 Å². The maximum atomic E-state index is 11.7. The van der Waals surface area contributed by atoms with E-state index in [1.54, 1.807) is 17.4 Å². The van der Waals surface area contributed by atoms with Gasteiger partial charge in [-0.3, -0.25) is 9.69 Å². The fourth-order valence-electron chi connectivity index (χ4n) is 4.01. The Labute approximate surface area is 163 Å². The lowest BCUT2D eigenvalue weighted by Gasteiger charge is -2.36. The van der Waals surface area contributed by atoms with Gasteiger partial charge in [0.1, 0.15) is 11.3 Å². The number of piperidine rings is 1. The van der Waals surface area contributed by atoms with E-state index in [1.165, 1.54) is 30.7 Å². The van der Waals surface area contributed by atoms with Crippen LogP contribution >= 0.6 is 11.3 Å². The molecule has 3 N–H and O–H groups in total. The van der Waals surface area contributed by atoms with Crippen molar-refractivity contribution in [3.63, 3.8) is 0 Å². The summed E-state index contributed by atoms with van der Waals surface area (Å²) in [7, 11) is 0. The molecule has 1 fully saturated rings. The number of hydrogen-bond donors (Lipinski definition) is 2. The highest BCUT2D eigenvalue weighted by Crippen LogP contribution is 2.38. The van der Waals surface area contributed by atoms with Crippen LogP contribution in [0.3, 0.4) is 0 Å². The number of benzene rings is 1. The van der Waals surface area contributed by atoms with Crippen molar-refractivity contribution in [2.45, 2.75) is 39.2 Å². The van der Waals surface area contributed by atoms with Gasteiger partial charge in [-0.2, -0.15) is 0 Å². The van der Waals surface area contributed by atoms with E-state index in [2.05, 4.69) is 40.8 Å². The molecule has 1 amide bonds. The largest absolute Gasteiger partial charge is 0.366 e. The Morgan fingerprint density at radius 3 is 2.96 bits per heavy atom. The molecule has 3 aromatic rings. The van der Waals surface area contributed by atoms with Gasteiger partial charge < -0.3 is 10.7 Å². The second-order valence-corrected chi connectivity index (χ2v) is 8.87. The van der Waals surface area contributed by atoms with Crippen LogP contribution in [-0.2, 0) is 0 Å². The highest BCUT2D eigenvalue weighted by atomic mass is 32.1. The predicted octanol–water partition coefficient (Wildman–Crippen LogP) is 4.57. The van der Waals surface area contributed by atoms with Crippen LogP contribution in [0, 0.1) is 5.92 Å². The topological polar surface area (TPSA) is 75.0 Å². The average Bonchev–Trinajstić information content (AvgIpc) is 3.28. The molecular formula is C21H26N4OS. The number of H-pyrrole nitrogens is 1. The van der Waals surface area contributed by atoms with Gasteiger partial charge >= 0.3 is 0 Å². The lowest BCUT2D eigenvalue weighted by Crippen LogP contribution is -2.35. The summed E-state index contributed by atoms with van der Waals surface area (Å²) < 4.78 is 0. The zero-order valence-corrected chi connectivity index (χ0v) is 16.7. The SMILES string of the molecule is CC(C)CN1CCCCC1c1ccc(-c2nc3c(C(N)=O)cccc3[nH]2)s1. The Hall–Kier alpha value is -2.18. The highest BCUT2D eigenvalue weighted by molar-refractivity contribution is 7.15. The molecule has 3 heterocycles. The zero-order valence-electron chi connectivity index (χ0n) is 15.9. The van der Waals surface area contributed by atoms with Gasteiger partial charge in [-0.15, -0.1) is 11.3 Å². The minimum absolute atomic E-state index is 0.447. The van der Waals surface area contributed by atoms with Gasteiger partial charge in [0.2, 0.25) is 0 Å². The van der Waals surface area contributed by atoms with E-state index in [1.807, 2.05) is 12.1 Å². The van der Waals surface area contributed by atoms with Gasteiger partial charge in [0.15, 0.2) is 0 Å². The molecule has 1 unspecified atom stereocenters. The van der Waals surface area contributed by atoms with Crippen molar-refractivity contribution in [2.24, 2.45) is 11.7 Å². The number of primary amides is 1. The Kier molecular flexibility index (Phi) is 5.02. The number of nitrogens with one attached hydrogen (secondary N) is 1. The molecule has 1 aliphatic rings. The average molecular weight is 383 g/mol. The number of nitrogens with two attached hydrogens (primary N) is 1. The minimum atomic E-state index is -0.447. The molecule has 27 heavy (non-hydrogen) atoms. The van der Waals surface area contributed by atoms with Crippen molar-refractivity contribution in [1.82, 2.24) is 14.9 Å². The number of imidazole rings is 1. The monoisotopic (exact) mass is 382 g/mol. The Balaban J connectivity index is 1.65. The first-order valence-corrected chi connectivity index (χ1v) is 10.5. The summed E-state index contributed by atoms with van der Waals surface area (Å²) in [5, 5.41) is 0. The quantitative estimate of drug-likeness (QED) is 0.678. The number of aromatic nitrogens is 2. The summed E-state index contributed by atoms with van der Waals surface area (Å²) in [6.45, 7) is 6.90. The maximum Gasteiger partial charge on any atom is 0.250 e. The molecule has 6 heteroatoms. The van der Waals surface area contributed by atoms with Gasteiger partial charge in [-0.05, 0) is 49.6 Å². The molecule has 1 atom stereocenters. The first-order chi connectivity index (χ1) is 13.0. The summed E-state index contributed by atoms with van der Waals surface area (Å²) in [6, 6.07) is 10.4. The molecule has 4 rings (SSSR count). The second-order valence-electron chi connectivity index (χ2n) is 7.75. The highest BCUT2D eigenvalue weighted by Gasteiger charge is 2.26. The normalized spacial score (nSPS) is 18.4. The Morgan fingerprint density at radius 2 is 2.19 bits per heavy atom. The van der Waals surface area contributed by atoms with Crippen LogP contribution in [0.2, 0.25) is 0 Å². The number of rotatable bonds is 5. The number of aromatic amines is 1. The first-order valence-electron chi connectivity index (χ1n) is 9.65. The molecule has 0 spiro atoms. The van der Waals surface area contributed by atoms with E-state index < -0.39 is 5.91 Å². The summed E-state index contributed by atoms with van der Waals surface area (Å²) in [4.78, 5) is 24.8. The predicted molar refractivity (Wildman–Crippen MR) is 111 cm³/mol. The van der Waals surface area contributed by atoms with E-state index >= 15 is 0 Å². The lowest BCUT2D eigenvalue weighted by atomic mass is 9.99. The van der Waals surface area contributed by atoms with Crippen LogP contribution in [0.4, 0.5) is 0 Å². The van der Waals surface area contributed by atoms with Crippen molar-refractivity contribution < 1.29 is 4.79 Å². The molecule has 2 aromatic heterocycles. The third-order valence-electron chi connectivity index (χ3n) is 5.18. The number of amides is 1. The Morgan fingerprint density at radius 1 is 1.33 bits per heavy atom. The standard InChI is InChI=1S/C21H26N4OS/c1-13(2)12-25-11-4-3-8-16(25)17-9-10-18(27-17)21-23-15-7-5-6-14(20(22)26)19(15)24-21/h5-7,9-10,13,16H,3-4,8,11-12H2,1-2H3,(H2,22,26)(H,23,24). The summed E-state index contributed by atoms with van der Waals surface area (Å²) in [5.41, 5.74) is 7.44. The molecule has 1 saturated heterocycles. The molecule has 0 bridgehead atoms. The maximum absolute atomic E-state index is 11.7. The van der Waals surface area contributed by atoms with Gasteiger partial charge in [0.05, 0.1) is 16.0 Å². The number of likely N-dealkylation sites (tertiary alicyclic amines) is 1. The van der Waals surface area contributed by atoms with Crippen molar-refractivity contribution in [3.05, 3.63) is 40.8 Å². The first kappa shape index (κ1) is 18.2. The summed E-state index contributed by atoms with van der Waals surface area (Å²) in [6.07, 6.45) is 3.80. The van der Waals surface area contributed by atoms with E-state index in [9.17, 15) is 4.79 Å². The second kappa shape index (κ2) is 7.44. The lowest BCUT2D eigenvalue weighted by molar-refractivity contribution is 0.100. The molecule has 0 radical (unpaired) electrons. The van der Waals surface area contributed by atoms with Gasteiger partial charge in [-0.25, -0.2) is 4.98 Å². The fourth-order valence-corrected chi connectivity index (χ4v) is 5.13. The fraction of sp³-hybridized carbons (Fsp3) is 0.429. The number of carbonyl (C=O) groups excluding carboxylic acids is 1. The smallest absolute Gasteiger partial charge is 0.250 e. The van der Waals surface area contributed by atoms with Gasteiger partial charge in [0, 0.05) is 17.5 Å². The van der Waals surface area contributed by atoms with E-state index in [0.29, 0.717) is 23.0 Å². The van der Waals surface area contributed by atoms with Crippen LogP contribution in [-0.4, -0.2) is 33.9 Å². The molecule has 1 aromatic carbocycles. The van der Waals surface area contributed by atoms with Crippen LogP contribution < -0.4 is 5.73 Å². The molecular weight excluding hydrogens is 356 g/mol. The van der Waals surface area contributed by atoms with Crippen LogP contribution in [0.1, 0.15) is 54.4 Å². The third kappa shape index (κ3) is 3.64. The molecule has 0 aliphatic carbocycles. The molecule has 0 saturated carbocycles. The zero-order chi connectivity index (χ0) is 19.0. The number of nitrogens with zero attached hydrogens (tertiary/aromatic N) is 2. The van der Waals surface area contributed by atoms with E-state index in [4.69, 9.17) is 5.73 Å². The third-order valence-corrected chi connectivity index (χ3v) is 6.37. The number of hydrogen-bond acceptors (Lipinski definition) is 4. The minimum Gasteiger partial charge on any atom is -0.366 e. The molecule has 5 nitrogen and oxygen atoms in total. The van der Waals surface area contributed by atoms with Crippen molar-refractivity contribution in [3.8, 4) is 10.7 Å². The molecule has 142 valence electrons. The number of thiophene rings is 1. The summed E-state index contributed by atoms with van der Waals surface area (Å²) >= 11 is 1.80. The number of para-hydroxylation sites is 1. The Bertz CT molecular complexity index is 958. The molecule has 1 aliphatic heterocycles. The van der Waals surface area contributed by atoms with E-state index in [0.717, 1.165) is 22.8 Å². The van der Waals surface area contributed by atoms with Crippen molar-refractivity contribution in [1.29, 1.82) is 0 Å². The number of fused-ring (bicyclic) bond motifs is 1. The summed E-state index contributed by atoms with van der Waals surface area (Å²) in [5.74, 6) is 1.03. The van der Waals surface area contributed by atoms with Gasteiger partial charge in [0.25, 0.3) is 5.91 Å².